The zero-order valence-electron chi connectivity index (χ0n) is 14.4. The van der Waals surface area contributed by atoms with E-state index in [0.29, 0.717) is 25.9 Å². The maximum Gasteiger partial charge on any atom is 0.417 e. The van der Waals surface area contributed by atoms with E-state index in [0.717, 1.165) is 12.1 Å². The molecule has 1 aromatic carbocycles. The summed E-state index contributed by atoms with van der Waals surface area (Å²) in [7, 11) is 0. The van der Waals surface area contributed by atoms with Crippen molar-refractivity contribution < 1.29 is 27.6 Å². The van der Waals surface area contributed by atoms with Gasteiger partial charge < -0.3 is 15.0 Å². The van der Waals surface area contributed by atoms with Crippen LogP contribution < -0.4 is 5.32 Å². The van der Waals surface area contributed by atoms with Crippen LogP contribution in [0.15, 0.2) is 24.3 Å². The summed E-state index contributed by atoms with van der Waals surface area (Å²) >= 11 is 0. The molecule has 142 valence electrons. The SMILES string of the molecule is CC(=O)CCC(=O)N1CCC(NC(=O)c2ccccc2C(F)(F)F)CC1. The summed E-state index contributed by atoms with van der Waals surface area (Å²) in [6, 6.07) is 4.37. The van der Waals surface area contributed by atoms with Crippen molar-refractivity contribution in [1.29, 1.82) is 0 Å². The fourth-order valence-electron chi connectivity index (χ4n) is 2.91. The van der Waals surface area contributed by atoms with Crippen LogP contribution in [0, 0.1) is 0 Å². The molecule has 1 N–H and O–H groups in total. The number of Topliss-reactive ketones (excluding diaryl/α,β-unsaturated/α-hetero) is 1. The molecular formula is C18H21F3N2O3. The van der Waals surface area contributed by atoms with Gasteiger partial charge in [0.05, 0.1) is 11.1 Å². The van der Waals surface area contributed by atoms with Gasteiger partial charge in [0.2, 0.25) is 5.91 Å². The lowest BCUT2D eigenvalue weighted by molar-refractivity contribution is -0.138. The second-order valence-electron chi connectivity index (χ2n) is 6.37. The molecule has 8 heteroatoms. The van der Waals surface area contributed by atoms with E-state index in [9.17, 15) is 27.6 Å². The number of nitrogens with zero attached hydrogens (tertiary/aromatic N) is 1. The third kappa shape index (κ3) is 5.31. The van der Waals surface area contributed by atoms with Gasteiger partial charge in [-0.1, -0.05) is 12.1 Å². The normalized spacial score (nSPS) is 15.6. The largest absolute Gasteiger partial charge is 0.417 e. The standard InChI is InChI=1S/C18H21F3N2O3/c1-12(24)6-7-16(25)23-10-8-13(9-11-23)22-17(26)14-4-2-3-5-15(14)18(19,20)21/h2-5,13H,6-11H2,1H3,(H,22,26). The highest BCUT2D eigenvalue weighted by Crippen LogP contribution is 2.31. The number of likely N-dealkylation sites (tertiary alicyclic amines) is 1. The number of carbonyl (C=O) groups is 3. The first-order valence-electron chi connectivity index (χ1n) is 8.43. The third-order valence-electron chi connectivity index (χ3n) is 4.35. The van der Waals surface area contributed by atoms with Crippen molar-refractivity contribution in [3.63, 3.8) is 0 Å². The van der Waals surface area contributed by atoms with Crippen molar-refractivity contribution in [3.05, 3.63) is 35.4 Å². The Hall–Kier alpha value is -2.38. The minimum Gasteiger partial charge on any atom is -0.349 e. The highest BCUT2D eigenvalue weighted by Gasteiger charge is 2.35. The number of benzene rings is 1. The van der Waals surface area contributed by atoms with E-state index in [4.69, 9.17) is 0 Å². The number of alkyl halides is 3. The molecule has 2 amide bonds. The minimum atomic E-state index is -4.60. The first-order chi connectivity index (χ1) is 12.2. The second-order valence-corrected chi connectivity index (χ2v) is 6.37. The van der Waals surface area contributed by atoms with Crippen LogP contribution >= 0.6 is 0 Å². The summed E-state index contributed by atoms with van der Waals surface area (Å²) in [4.78, 5) is 36.8. The lowest BCUT2D eigenvalue weighted by Gasteiger charge is -2.32. The first kappa shape index (κ1) is 19.9. The molecule has 0 aliphatic carbocycles. The van der Waals surface area contributed by atoms with E-state index in [1.54, 1.807) is 4.90 Å². The van der Waals surface area contributed by atoms with Gasteiger partial charge in [-0.2, -0.15) is 13.2 Å². The summed E-state index contributed by atoms with van der Waals surface area (Å²) in [5.74, 6) is -0.935. The molecule has 0 aromatic heterocycles. The van der Waals surface area contributed by atoms with Crippen LogP contribution in [-0.4, -0.2) is 41.6 Å². The van der Waals surface area contributed by atoms with Gasteiger partial charge in [-0.15, -0.1) is 0 Å². The minimum absolute atomic E-state index is 0.0520. The van der Waals surface area contributed by atoms with Gasteiger partial charge in [-0.05, 0) is 31.9 Å². The third-order valence-corrected chi connectivity index (χ3v) is 4.35. The van der Waals surface area contributed by atoms with E-state index in [2.05, 4.69) is 5.32 Å². The lowest BCUT2D eigenvalue weighted by atomic mass is 10.0. The molecule has 0 spiro atoms. The molecule has 0 radical (unpaired) electrons. The number of hydrogen-bond donors (Lipinski definition) is 1. The molecule has 0 unspecified atom stereocenters. The quantitative estimate of drug-likeness (QED) is 0.867. The lowest BCUT2D eigenvalue weighted by Crippen LogP contribution is -2.46. The molecule has 5 nitrogen and oxygen atoms in total. The van der Waals surface area contributed by atoms with E-state index in [-0.39, 0.29) is 30.6 Å². The summed E-state index contributed by atoms with van der Waals surface area (Å²) in [6.07, 6.45) is -3.31. The van der Waals surface area contributed by atoms with Crippen molar-refractivity contribution in [2.24, 2.45) is 0 Å². The molecule has 2 rings (SSSR count). The van der Waals surface area contributed by atoms with Gasteiger partial charge >= 0.3 is 6.18 Å². The van der Waals surface area contributed by atoms with E-state index < -0.39 is 23.2 Å². The zero-order valence-corrected chi connectivity index (χ0v) is 14.4. The number of piperidine rings is 1. The van der Waals surface area contributed by atoms with Crippen LogP contribution in [0.3, 0.4) is 0 Å². The fourth-order valence-corrected chi connectivity index (χ4v) is 2.91. The number of hydrogen-bond acceptors (Lipinski definition) is 3. The van der Waals surface area contributed by atoms with Crippen LogP contribution in [0.1, 0.15) is 48.5 Å². The van der Waals surface area contributed by atoms with Gasteiger partial charge in [0.1, 0.15) is 5.78 Å². The summed E-state index contributed by atoms with van der Waals surface area (Å²) in [5.41, 5.74) is -1.37. The Bertz CT molecular complexity index is 681. The van der Waals surface area contributed by atoms with Gasteiger partial charge in [0, 0.05) is 32.0 Å². The van der Waals surface area contributed by atoms with Crippen molar-refractivity contribution in [2.75, 3.05) is 13.1 Å². The molecule has 1 saturated heterocycles. The summed E-state index contributed by atoms with van der Waals surface area (Å²) in [6.45, 7) is 2.24. The van der Waals surface area contributed by atoms with Gasteiger partial charge in [0.15, 0.2) is 0 Å². The number of nitrogens with one attached hydrogen (secondary N) is 1. The molecule has 0 bridgehead atoms. The van der Waals surface area contributed by atoms with Crippen molar-refractivity contribution in [2.45, 2.75) is 44.8 Å². The molecule has 1 aliphatic heterocycles. The second kappa shape index (κ2) is 8.33. The highest BCUT2D eigenvalue weighted by molar-refractivity contribution is 5.96. The Morgan fingerprint density at radius 3 is 2.31 bits per heavy atom. The maximum atomic E-state index is 13.0. The smallest absolute Gasteiger partial charge is 0.349 e. The molecule has 0 saturated carbocycles. The van der Waals surface area contributed by atoms with Crippen molar-refractivity contribution in [3.8, 4) is 0 Å². The van der Waals surface area contributed by atoms with Crippen molar-refractivity contribution >= 4 is 17.6 Å². The van der Waals surface area contributed by atoms with E-state index in [1.807, 2.05) is 0 Å². The topological polar surface area (TPSA) is 66.5 Å². The predicted octanol–water partition coefficient (Wildman–Crippen LogP) is 2.80. The van der Waals surface area contributed by atoms with Gasteiger partial charge in [-0.3, -0.25) is 9.59 Å². The maximum absolute atomic E-state index is 13.0. The molecule has 1 aliphatic rings. The first-order valence-corrected chi connectivity index (χ1v) is 8.43. The van der Waals surface area contributed by atoms with Crippen LogP contribution in [0.4, 0.5) is 13.2 Å². The van der Waals surface area contributed by atoms with E-state index in [1.165, 1.54) is 19.1 Å². The average molecular weight is 370 g/mol. The number of amides is 2. The predicted molar refractivity (Wildman–Crippen MR) is 88.4 cm³/mol. The Labute approximate surface area is 149 Å². The Morgan fingerprint density at radius 1 is 1.12 bits per heavy atom. The highest BCUT2D eigenvalue weighted by atomic mass is 19.4. The fraction of sp³-hybridized carbons (Fsp3) is 0.500. The number of ketones is 1. The van der Waals surface area contributed by atoms with Crippen molar-refractivity contribution in [1.82, 2.24) is 10.2 Å². The number of rotatable bonds is 5. The zero-order chi connectivity index (χ0) is 19.3. The van der Waals surface area contributed by atoms with Crippen LogP contribution in [0.5, 0.6) is 0 Å². The van der Waals surface area contributed by atoms with Crippen LogP contribution in [0.25, 0.3) is 0 Å². The Morgan fingerprint density at radius 2 is 1.73 bits per heavy atom. The molecule has 1 fully saturated rings. The monoisotopic (exact) mass is 370 g/mol. The molecule has 0 atom stereocenters. The molecule has 1 aromatic rings. The number of halogens is 3. The molecule has 1 heterocycles. The summed E-state index contributed by atoms with van der Waals surface area (Å²) < 4.78 is 39.0. The Kier molecular flexibility index (Phi) is 6.39. The molecular weight excluding hydrogens is 349 g/mol. The van der Waals surface area contributed by atoms with Crippen LogP contribution in [0.2, 0.25) is 0 Å². The summed E-state index contributed by atoms with van der Waals surface area (Å²) in [5, 5.41) is 2.63. The average Bonchev–Trinajstić information content (AvgIpc) is 2.59. The Balaban J connectivity index is 1.91. The number of carbonyl (C=O) groups excluding carboxylic acids is 3. The van der Waals surface area contributed by atoms with Crippen LogP contribution in [-0.2, 0) is 15.8 Å². The molecule has 26 heavy (non-hydrogen) atoms. The van der Waals surface area contributed by atoms with E-state index >= 15 is 0 Å². The van der Waals surface area contributed by atoms with Gasteiger partial charge in [0.25, 0.3) is 5.91 Å². The van der Waals surface area contributed by atoms with Gasteiger partial charge in [-0.25, -0.2) is 0 Å².